The highest BCUT2D eigenvalue weighted by molar-refractivity contribution is 9.10. The van der Waals surface area contributed by atoms with Crippen molar-refractivity contribution in [1.82, 2.24) is 15.1 Å². The number of hydrogen-bond acceptors (Lipinski definition) is 2. The Labute approximate surface area is 129 Å². The van der Waals surface area contributed by atoms with Crippen molar-refractivity contribution >= 4 is 15.9 Å². The first-order chi connectivity index (χ1) is 9.77. The molecule has 0 spiro atoms. The second-order valence-corrected chi connectivity index (χ2v) is 5.87. The minimum Gasteiger partial charge on any atom is -0.310 e. The van der Waals surface area contributed by atoms with Crippen LogP contribution < -0.4 is 5.32 Å². The summed E-state index contributed by atoms with van der Waals surface area (Å²) in [4.78, 5) is 0. The Balaban J connectivity index is 2.36. The van der Waals surface area contributed by atoms with Crippen LogP contribution in [0.15, 0.2) is 34.9 Å². The third-order valence-electron chi connectivity index (χ3n) is 2.87. The number of aromatic nitrogens is 2. The first-order valence-electron chi connectivity index (χ1n) is 6.42. The van der Waals surface area contributed by atoms with E-state index in [-0.39, 0.29) is 6.04 Å². The predicted octanol–water partition coefficient (Wildman–Crippen LogP) is 4.15. The largest absolute Gasteiger partial charge is 0.435 e. The van der Waals surface area contributed by atoms with Crippen LogP contribution >= 0.6 is 15.9 Å². The van der Waals surface area contributed by atoms with Crippen LogP contribution in [0.2, 0.25) is 0 Å². The normalized spacial score (nSPS) is 12.1. The van der Waals surface area contributed by atoms with Gasteiger partial charge in [-0.3, -0.25) is 0 Å². The van der Waals surface area contributed by atoms with Gasteiger partial charge in [0.1, 0.15) is 0 Å². The number of benzene rings is 1. The number of alkyl halides is 3. The van der Waals surface area contributed by atoms with Gasteiger partial charge in [-0.15, -0.1) is 0 Å². The van der Waals surface area contributed by atoms with E-state index >= 15 is 0 Å². The molecule has 114 valence electrons. The molecule has 0 aliphatic rings. The lowest BCUT2D eigenvalue weighted by atomic mass is 10.1. The lowest BCUT2D eigenvalue weighted by Gasteiger charge is -2.13. The Bertz CT molecular complexity index is 620. The van der Waals surface area contributed by atoms with Crippen molar-refractivity contribution in [2.45, 2.75) is 32.6 Å². The molecule has 1 heterocycles. The molecule has 2 rings (SSSR count). The summed E-state index contributed by atoms with van der Waals surface area (Å²) in [5.74, 6) is 0. The molecule has 0 bridgehead atoms. The van der Waals surface area contributed by atoms with Gasteiger partial charge < -0.3 is 5.32 Å². The Morgan fingerprint density at radius 2 is 2.00 bits per heavy atom. The van der Waals surface area contributed by atoms with Gasteiger partial charge in [-0.2, -0.15) is 18.3 Å². The molecule has 0 amide bonds. The molecule has 0 saturated heterocycles. The summed E-state index contributed by atoms with van der Waals surface area (Å²) < 4.78 is 40.0. The van der Waals surface area contributed by atoms with Crippen LogP contribution in [-0.4, -0.2) is 15.8 Å². The number of rotatable bonds is 4. The zero-order valence-corrected chi connectivity index (χ0v) is 13.2. The van der Waals surface area contributed by atoms with E-state index in [0.29, 0.717) is 12.2 Å². The Morgan fingerprint density at radius 1 is 1.29 bits per heavy atom. The summed E-state index contributed by atoms with van der Waals surface area (Å²) in [6.07, 6.45) is -3.11. The molecule has 0 saturated carbocycles. The zero-order valence-electron chi connectivity index (χ0n) is 11.6. The maximum atomic E-state index is 12.6. The van der Waals surface area contributed by atoms with Crippen molar-refractivity contribution in [2.75, 3.05) is 0 Å². The molecule has 0 unspecified atom stereocenters. The molecule has 0 aliphatic carbocycles. The summed E-state index contributed by atoms with van der Waals surface area (Å²) in [6, 6.07) is 6.65. The van der Waals surface area contributed by atoms with E-state index in [9.17, 15) is 13.2 Å². The minimum atomic E-state index is -4.43. The Morgan fingerprint density at radius 3 is 2.57 bits per heavy atom. The van der Waals surface area contributed by atoms with Crippen LogP contribution in [0.4, 0.5) is 13.2 Å². The molecule has 3 nitrogen and oxygen atoms in total. The second kappa shape index (κ2) is 6.19. The van der Waals surface area contributed by atoms with Gasteiger partial charge in [-0.05, 0) is 29.8 Å². The molecular formula is C14H15BrF3N3. The lowest BCUT2D eigenvalue weighted by Crippen LogP contribution is -2.22. The van der Waals surface area contributed by atoms with Gasteiger partial charge in [-0.25, -0.2) is 4.68 Å². The van der Waals surface area contributed by atoms with E-state index in [2.05, 4.69) is 26.3 Å². The summed E-state index contributed by atoms with van der Waals surface area (Å²) in [7, 11) is 0. The van der Waals surface area contributed by atoms with Crippen molar-refractivity contribution in [2.24, 2.45) is 0 Å². The van der Waals surface area contributed by atoms with Gasteiger partial charge in [-0.1, -0.05) is 29.8 Å². The van der Waals surface area contributed by atoms with Gasteiger partial charge in [0.15, 0.2) is 5.69 Å². The standard InChI is InChI=1S/C14H15BrF3N3/c1-9(2)19-8-10-7-11(15)3-4-12(10)21-6-5-13(20-21)14(16,17)18/h3-7,9,19H,8H2,1-2H3. The SMILES string of the molecule is CC(C)NCc1cc(Br)ccc1-n1ccc(C(F)(F)F)n1. The number of hydrogen-bond donors (Lipinski definition) is 1. The van der Waals surface area contributed by atoms with Crippen LogP contribution in [0.1, 0.15) is 25.1 Å². The van der Waals surface area contributed by atoms with Gasteiger partial charge in [0.05, 0.1) is 5.69 Å². The van der Waals surface area contributed by atoms with Crippen LogP contribution in [0.5, 0.6) is 0 Å². The predicted molar refractivity (Wildman–Crippen MR) is 78.2 cm³/mol. The maximum Gasteiger partial charge on any atom is 0.435 e. The number of nitrogens with one attached hydrogen (secondary N) is 1. The molecule has 0 fully saturated rings. The maximum absolute atomic E-state index is 12.6. The highest BCUT2D eigenvalue weighted by Crippen LogP contribution is 2.28. The Kier molecular flexibility index (Phi) is 4.73. The molecule has 0 atom stereocenters. The fourth-order valence-corrected chi connectivity index (χ4v) is 2.25. The van der Waals surface area contributed by atoms with Gasteiger partial charge in [0, 0.05) is 23.3 Å². The fraction of sp³-hybridized carbons (Fsp3) is 0.357. The minimum absolute atomic E-state index is 0.278. The van der Waals surface area contributed by atoms with Crippen LogP contribution in [0.3, 0.4) is 0 Å². The second-order valence-electron chi connectivity index (χ2n) is 4.95. The third-order valence-corrected chi connectivity index (χ3v) is 3.36. The van der Waals surface area contributed by atoms with Gasteiger partial charge >= 0.3 is 6.18 Å². The first kappa shape index (κ1) is 16.0. The zero-order chi connectivity index (χ0) is 15.6. The lowest BCUT2D eigenvalue weighted by molar-refractivity contribution is -0.141. The highest BCUT2D eigenvalue weighted by Gasteiger charge is 2.33. The summed E-state index contributed by atoms with van der Waals surface area (Å²) in [5, 5.41) is 6.87. The van der Waals surface area contributed by atoms with E-state index in [1.807, 2.05) is 19.9 Å². The fourth-order valence-electron chi connectivity index (χ4n) is 1.84. The van der Waals surface area contributed by atoms with E-state index in [4.69, 9.17) is 0 Å². The number of halogens is 4. The van der Waals surface area contributed by atoms with Crippen molar-refractivity contribution in [3.05, 3.63) is 46.2 Å². The van der Waals surface area contributed by atoms with Crippen LogP contribution in [0, 0.1) is 0 Å². The smallest absolute Gasteiger partial charge is 0.310 e. The Hall–Kier alpha value is -1.34. The molecule has 0 aliphatic heterocycles. The van der Waals surface area contributed by atoms with E-state index in [1.165, 1.54) is 10.9 Å². The highest BCUT2D eigenvalue weighted by atomic mass is 79.9. The summed E-state index contributed by atoms with van der Waals surface area (Å²) in [5.41, 5.74) is 0.602. The van der Waals surface area contributed by atoms with Gasteiger partial charge in [0.25, 0.3) is 0 Å². The quantitative estimate of drug-likeness (QED) is 0.886. The molecule has 21 heavy (non-hydrogen) atoms. The topological polar surface area (TPSA) is 29.9 Å². The summed E-state index contributed by atoms with van der Waals surface area (Å²) >= 11 is 3.38. The third kappa shape index (κ3) is 4.07. The molecule has 7 heteroatoms. The molecule has 0 radical (unpaired) electrons. The van der Waals surface area contributed by atoms with Crippen LogP contribution in [-0.2, 0) is 12.7 Å². The number of nitrogens with zero attached hydrogens (tertiary/aromatic N) is 2. The van der Waals surface area contributed by atoms with Gasteiger partial charge in [0.2, 0.25) is 0 Å². The van der Waals surface area contributed by atoms with E-state index in [1.54, 1.807) is 12.1 Å². The molecule has 1 aromatic heterocycles. The summed E-state index contributed by atoms with van der Waals surface area (Å²) in [6.45, 7) is 4.56. The van der Waals surface area contributed by atoms with Crippen molar-refractivity contribution in [1.29, 1.82) is 0 Å². The monoisotopic (exact) mass is 361 g/mol. The van der Waals surface area contributed by atoms with E-state index in [0.717, 1.165) is 16.1 Å². The molecular weight excluding hydrogens is 347 g/mol. The molecule has 2 aromatic rings. The van der Waals surface area contributed by atoms with E-state index < -0.39 is 11.9 Å². The average Bonchev–Trinajstić information content (AvgIpc) is 2.85. The molecule has 1 N–H and O–H groups in total. The first-order valence-corrected chi connectivity index (χ1v) is 7.21. The van der Waals surface area contributed by atoms with Crippen molar-refractivity contribution < 1.29 is 13.2 Å². The van der Waals surface area contributed by atoms with Crippen LogP contribution in [0.25, 0.3) is 5.69 Å². The average molecular weight is 362 g/mol. The van der Waals surface area contributed by atoms with Crippen molar-refractivity contribution in [3.8, 4) is 5.69 Å². The van der Waals surface area contributed by atoms with Crippen molar-refractivity contribution in [3.63, 3.8) is 0 Å². The molecule has 1 aromatic carbocycles.